The van der Waals surface area contributed by atoms with Crippen molar-refractivity contribution >= 4 is 45.1 Å². The first-order valence-corrected chi connectivity index (χ1v) is 9.62. The van der Waals surface area contributed by atoms with Gasteiger partial charge in [-0.3, -0.25) is 9.78 Å². The van der Waals surface area contributed by atoms with Crippen LogP contribution in [0, 0.1) is 0 Å². The van der Waals surface area contributed by atoms with Gasteiger partial charge in [-0.2, -0.15) is 0 Å². The lowest BCUT2D eigenvalue weighted by atomic mass is 10.2. The average molecular weight is 378 g/mol. The number of rotatable bonds is 5. The van der Waals surface area contributed by atoms with Gasteiger partial charge in [0.2, 0.25) is 0 Å². The Labute approximate surface area is 158 Å². The number of thiazole rings is 1. The Bertz CT molecular complexity index is 996. The van der Waals surface area contributed by atoms with Crippen molar-refractivity contribution < 1.29 is 4.79 Å². The summed E-state index contributed by atoms with van der Waals surface area (Å²) in [6.45, 7) is 0. The Morgan fingerprint density at radius 3 is 2.42 bits per heavy atom. The third kappa shape index (κ3) is 3.79. The first kappa shape index (κ1) is 16.4. The van der Waals surface area contributed by atoms with Gasteiger partial charge in [0, 0.05) is 34.7 Å². The van der Waals surface area contributed by atoms with Crippen LogP contribution in [0.1, 0.15) is 9.67 Å². The molecule has 0 saturated carbocycles. The summed E-state index contributed by atoms with van der Waals surface area (Å²) < 4.78 is 0. The second-order valence-corrected chi connectivity index (χ2v) is 7.21. The number of hydrogen-bond acceptors (Lipinski definition) is 6. The predicted molar refractivity (Wildman–Crippen MR) is 107 cm³/mol. The van der Waals surface area contributed by atoms with E-state index in [2.05, 4.69) is 20.6 Å². The monoisotopic (exact) mass is 378 g/mol. The molecule has 4 aromatic rings. The molecule has 0 saturated heterocycles. The van der Waals surface area contributed by atoms with E-state index < -0.39 is 0 Å². The van der Waals surface area contributed by atoms with Gasteiger partial charge in [0.1, 0.15) is 0 Å². The fourth-order valence-electron chi connectivity index (χ4n) is 2.35. The summed E-state index contributed by atoms with van der Waals surface area (Å²) in [6, 6.07) is 15.1. The molecule has 0 atom stereocenters. The molecule has 3 aromatic heterocycles. The lowest BCUT2D eigenvalue weighted by Crippen LogP contribution is -2.09. The lowest BCUT2D eigenvalue weighted by molar-refractivity contribution is 0.103. The predicted octanol–water partition coefficient (Wildman–Crippen LogP) is 5.26. The second-order valence-electron chi connectivity index (χ2n) is 5.41. The van der Waals surface area contributed by atoms with Crippen LogP contribution in [0.3, 0.4) is 0 Å². The number of anilines is 3. The zero-order valence-electron chi connectivity index (χ0n) is 13.5. The molecule has 26 heavy (non-hydrogen) atoms. The van der Waals surface area contributed by atoms with Gasteiger partial charge in [-0.15, -0.1) is 22.7 Å². The summed E-state index contributed by atoms with van der Waals surface area (Å²) in [5.74, 6) is -0.0948. The van der Waals surface area contributed by atoms with Crippen LogP contribution in [0.5, 0.6) is 0 Å². The van der Waals surface area contributed by atoms with Gasteiger partial charge in [0.15, 0.2) is 5.13 Å². The minimum atomic E-state index is -0.0948. The van der Waals surface area contributed by atoms with E-state index in [0.29, 0.717) is 4.88 Å². The van der Waals surface area contributed by atoms with Crippen LogP contribution in [-0.2, 0) is 0 Å². The maximum Gasteiger partial charge on any atom is 0.265 e. The smallest absolute Gasteiger partial charge is 0.265 e. The van der Waals surface area contributed by atoms with Gasteiger partial charge in [-0.25, -0.2) is 4.98 Å². The highest BCUT2D eigenvalue weighted by Gasteiger charge is 2.07. The van der Waals surface area contributed by atoms with Crippen LogP contribution in [-0.4, -0.2) is 15.9 Å². The third-order valence-electron chi connectivity index (χ3n) is 3.62. The summed E-state index contributed by atoms with van der Waals surface area (Å²) in [7, 11) is 0. The van der Waals surface area contributed by atoms with E-state index in [-0.39, 0.29) is 5.91 Å². The standard InChI is InChI=1S/C19H14N4OS2/c24-18(17-2-1-11-25-17)21-14-3-5-15(6-4-14)22-19-23-16(12-26-19)13-7-9-20-10-8-13/h1-12H,(H,21,24)(H,22,23). The van der Waals surface area contributed by atoms with E-state index in [1.54, 1.807) is 29.8 Å². The number of thiophene rings is 1. The molecule has 1 amide bonds. The van der Waals surface area contributed by atoms with E-state index in [9.17, 15) is 4.79 Å². The van der Waals surface area contributed by atoms with Crippen molar-refractivity contribution in [3.8, 4) is 11.3 Å². The SMILES string of the molecule is O=C(Nc1ccc(Nc2nc(-c3ccncc3)cs2)cc1)c1cccs1. The summed E-state index contributed by atoms with van der Waals surface area (Å²) in [6.07, 6.45) is 3.51. The molecule has 3 heterocycles. The van der Waals surface area contributed by atoms with Crippen LogP contribution in [0.25, 0.3) is 11.3 Å². The van der Waals surface area contributed by atoms with Gasteiger partial charge in [-0.05, 0) is 47.8 Å². The number of pyridine rings is 1. The van der Waals surface area contributed by atoms with Crippen molar-refractivity contribution in [1.82, 2.24) is 9.97 Å². The van der Waals surface area contributed by atoms with Crippen molar-refractivity contribution in [2.75, 3.05) is 10.6 Å². The van der Waals surface area contributed by atoms with Crippen LogP contribution >= 0.6 is 22.7 Å². The molecule has 0 aliphatic heterocycles. The van der Waals surface area contributed by atoms with E-state index in [0.717, 1.165) is 27.8 Å². The van der Waals surface area contributed by atoms with Crippen LogP contribution in [0.15, 0.2) is 71.7 Å². The molecule has 0 radical (unpaired) electrons. The quantitative estimate of drug-likeness (QED) is 0.497. The second kappa shape index (κ2) is 7.47. The largest absolute Gasteiger partial charge is 0.332 e. The first-order chi connectivity index (χ1) is 12.8. The van der Waals surface area contributed by atoms with E-state index >= 15 is 0 Å². The van der Waals surface area contributed by atoms with E-state index in [1.165, 1.54) is 11.3 Å². The maximum atomic E-state index is 12.1. The number of nitrogens with one attached hydrogen (secondary N) is 2. The topological polar surface area (TPSA) is 66.9 Å². The Hall–Kier alpha value is -3.03. The fourth-order valence-corrected chi connectivity index (χ4v) is 3.71. The van der Waals surface area contributed by atoms with Crippen molar-refractivity contribution in [2.45, 2.75) is 0 Å². The van der Waals surface area contributed by atoms with Crippen molar-refractivity contribution in [1.29, 1.82) is 0 Å². The number of benzene rings is 1. The molecule has 4 rings (SSSR count). The number of hydrogen-bond donors (Lipinski definition) is 2. The summed E-state index contributed by atoms with van der Waals surface area (Å²) in [5, 5.41) is 10.9. The van der Waals surface area contributed by atoms with Gasteiger partial charge in [0.05, 0.1) is 10.6 Å². The lowest BCUT2D eigenvalue weighted by Gasteiger charge is -2.06. The summed E-state index contributed by atoms with van der Waals surface area (Å²) in [4.78, 5) is 21.4. The normalized spacial score (nSPS) is 10.5. The molecule has 0 aliphatic rings. The fraction of sp³-hybridized carbons (Fsp3) is 0. The van der Waals surface area contributed by atoms with Crippen molar-refractivity contribution in [2.24, 2.45) is 0 Å². The molecule has 128 valence electrons. The van der Waals surface area contributed by atoms with E-state index in [4.69, 9.17) is 0 Å². The van der Waals surface area contributed by atoms with Gasteiger partial charge in [0.25, 0.3) is 5.91 Å². The number of nitrogens with zero attached hydrogens (tertiary/aromatic N) is 2. The Morgan fingerprint density at radius 1 is 0.923 bits per heavy atom. The minimum Gasteiger partial charge on any atom is -0.332 e. The van der Waals surface area contributed by atoms with Crippen molar-refractivity contribution in [3.63, 3.8) is 0 Å². The Kier molecular flexibility index (Phi) is 4.72. The number of aromatic nitrogens is 2. The third-order valence-corrected chi connectivity index (χ3v) is 5.25. The molecule has 2 N–H and O–H groups in total. The molecular formula is C19H14N4OS2. The number of amides is 1. The molecule has 0 spiro atoms. The zero-order valence-corrected chi connectivity index (χ0v) is 15.2. The first-order valence-electron chi connectivity index (χ1n) is 7.86. The molecule has 1 aromatic carbocycles. The van der Waals surface area contributed by atoms with E-state index in [1.807, 2.05) is 53.2 Å². The highest BCUT2D eigenvalue weighted by atomic mass is 32.1. The van der Waals surface area contributed by atoms with Crippen LogP contribution < -0.4 is 10.6 Å². The molecule has 0 fully saturated rings. The Morgan fingerprint density at radius 2 is 1.69 bits per heavy atom. The summed E-state index contributed by atoms with van der Waals surface area (Å²) in [5.41, 5.74) is 3.62. The molecule has 5 nitrogen and oxygen atoms in total. The van der Waals surface area contributed by atoms with Crippen molar-refractivity contribution in [3.05, 3.63) is 76.6 Å². The van der Waals surface area contributed by atoms with Crippen LogP contribution in [0.4, 0.5) is 16.5 Å². The minimum absolute atomic E-state index is 0.0948. The molecule has 0 unspecified atom stereocenters. The molecule has 0 aliphatic carbocycles. The number of carbonyl (C=O) groups is 1. The molecule has 7 heteroatoms. The van der Waals surface area contributed by atoms with Gasteiger partial charge < -0.3 is 10.6 Å². The highest BCUT2D eigenvalue weighted by molar-refractivity contribution is 7.14. The zero-order chi connectivity index (χ0) is 17.8. The highest BCUT2D eigenvalue weighted by Crippen LogP contribution is 2.27. The average Bonchev–Trinajstić information content (AvgIpc) is 3.36. The molecular weight excluding hydrogens is 364 g/mol. The van der Waals surface area contributed by atoms with Crippen LogP contribution in [0.2, 0.25) is 0 Å². The maximum absolute atomic E-state index is 12.1. The van der Waals surface area contributed by atoms with Gasteiger partial charge in [-0.1, -0.05) is 6.07 Å². The Balaban J connectivity index is 1.42. The molecule has 0 bridgehead atoms. The summed E-state index contributed by atoms with van der Waals surface area (Å²) >= 11 is 2.96. The van der Waals surface area contributed by atoms with Gasteiger partial charge >= 0.3 is 0 Å². The number of carbonyl (C=O) groups excluding carboxylic acids is 1.